The molecule has 0 spiro atoms. The Morgan fingerprint density at radius 3 is 2.50 bits per heavy atom. The lowest BCUT2D eigenvalue weighted by atomic mass is 9.98. The Hall–Kier alpha value is -2.73. The second-order valence-electron chi connectivity index (χ2n) is 6.99. The third kappa shape index (κ3) is 4.07. The number of halogens is 1. The van der Waals surface area contributed by atoms with Crippen molar-refractivity contribution in [2.45, 2.75) is 39.7 Å². The smallest absolute Gasteiger partial charge is 0.349 e. The number of para-hydroxylation sites is 1. The van der Waals surface area contributed by atoms with Crippen molar-refractivity contribution in [3.8, 4) is 0 Å². The molecule has 0 aliphatic carbocycles. The van der Waals surface area contributed by atoms with Crippen LogP contribution in [0, 0.1) is 12.7 Å². The Labute approximate surface area is 167 Å². The zero-order valence-electron chi connectivity index (χ0n) is 16.2. The molecular weight excluding hydrogens is 377 g/mol. The van der Waals surface area contributed by atoms with Gasteiger partial charge in [-0.25, -0.2) is 9.18 Å². The molecule has 0 bridgehead atoms. The van der Waals surface area contributed by atoms with Gasteiger partial charge in [0.15, 0.2) is 6.10 Å². The van der Waals surface area contributed by atoms with Crippen LogP contribution in [0.4, 0.5) is 10.1 Å². The molecule has 2 aromatic carbocycles. The van der Waals surface area contributed by atoms with E-state index in [0.29, 0.717) is 10.1 Å². The summed E-state index contributed by atoms with van der Waals surface area (Å²) >= 11 is 1.14. The molecule has 0 aliphatic rings. The summed E-state index contributed by atoms with van der Waals surface area (Å²) in [6, 6.07) is 12.0. The molecule has 28 heavy (non-hydrogen) atoms. The zero-order valence-corrected chi connectivity index (χ0v) is 17.0. The van der Waals surface area contributed by atoms with Gasteiger partial charge in [-0.2, -0.15) is 0 Å². The summed E-state index contributed by atoms with van der Waals surface area (Å²) in [4.78, 5) is 25.3. The zero-order chi connectivity index (χ0) is 20.4. The van der Waals surface area contributed by atoms with Crippen molar-refractivity contribution in [1.82, 2.24) is 0 Å². The Morgan fingerprint density at radius 1 is 1.11 bits per heavy atom. The van der Waals surface area contributed by atoms with Crippen molar-refractivity contribution in [2.24, 2.45) is 0 Å². The van der Waals surface area contributed by atoms with Gasteiger partial charge in [0.25, 0.3) is 5.91 Å². The first kappa shape index (κ1) is 20.0. The van der Waals surface area contributed by atoms with E-state index in [4.69, 9.17) is 4.74 Å². The molecule has 1 N–H and O–H groups in total. The lowest BCUT2D eigenvalue weighted by Crippen LogP contribution is -2.30. The van der Waals surface area contributed by atoms with E-state index in [2.05, 4.69) is 19.2 Å². The fourth-order valence-corrected chi connectivity index (χ4v) is 3.92. The Kier molecular flexibility index (Phi) is 5.79. The maximum Gasteiger partial charge on any atom is 0.349 e. The summed E-state index contributed by atoms with van der Waals surface area (Å²) in [6.07, 6.45) is -0.984. The van der Waals surface area contributed by atoms with Gasteiger partial charge < -0.3 is 10.1 Å². The summed E-state index contributed by atoms with van der Waals surface area (Å²) in [5, 5.41) is 3.25. The highest BCUT2D eigenvalue weighted by molar-refractivity contribution is 7.20. The van der Waals surface area contributed by atoms with Crippen LogP contribution in [0.5, 0.6) is 0 Å². The fraction of sp³-hybridized carbons (Fsp3) is 0.273. The summed E-state index contributed by atoms with van der Waals surface area (Å²) in [7, 11) is 0. The quantitative estimate of drug-likeness (QED) is 0.564. The molecule has 0 saturated carbocycles. The molecule has 1 aromatic heterocycles. The van der Waals surface area contributed by atoms with Gasteiger partial charge in [0.2, 0.25) is 0 Å². The number of aryl methyl sites for hydroxylation is 1. The molecule has 1 amide bonds. The molecule has 0 radical (unpaired) electrons. The van der Waals surface area contributed by atoms with Crippen molar-refractivity contribution in [3.05, 3.63) is 64.3 Å². The van der Waals surface area contributed by atoms with Crippen LogP contribution in [-0.2, 0) is 9.53 Å². The van der Waals surface area contributed by atoms with Crippen LogP contribution < -0.4 is 5.32 Å². The first-order valence-electron chi connectivity index (χ1n) is 9.07. The average molecular weight is 399 g/mol. The molecule has 0 saturated heterocycles. The molecule has 6 heteroatoms. The number of fused-ring (bicyclic) bond motifs is 1. The predicted octanol–water partition coefficient (Wildman–Crippen LogP) is 5.66. The highest BCUT2D eigenvalue weighted by Crippen LogP contribution is 2.29. The Morgan fingerprint density at radius 2 is 1.82 bits per heavy atom. The Balaban J connectivity index is 1.74. The second-order valence-corrected chi connectivity index (χ2v) is 8.08. The van der Waals surface area contributed by atoms with Crippen molar-refractivity contribution >= 4 is 39.0 Å². The van der Waals surface area contributed by atoms with Crippen LogP contribution in [0.2, 0.25) is 0 Å². The molecule has 0 fully saturated rings. The molecule has 1 atom stereocenters. The summed E-state index contributed by atoms with van der Waals surface area (Å²) in [5.74, 6) is -1.20. The van der Waals surface area contributed by atoms with Crippen LogP contribution in [0.25, 0.3) is 10.1 Å². The van der Waals surface area contributed by atoms with Crippen LogP contribution in [-0.4, -0.2) is 18.0 Å². The van der Waals surface area contributed by atoms with E-state index >= 15 is 0 Å². The van der Waals surface area contributed by atoms with E-state index < -0.39 is 18.0 Å². The number of esters is 1. The monoisotopic (exact) mass is 399 g/mol. The number of ether oxygens (including phenoxy) is 1. The van der Waals surface area contributed by atoms with E-state index in [1.807, 2.05) is 25.1 Å². The molecule has 4 nitrogen and oxygen atoms in total. The average Bonchev–Trinajstić information content (AvgIpc) is 3.09. The summed E-state index contributed by atoms with van der Waals surface area (Å²) in [6.45, 7) is 7.54. The van der Waals surface area contributed by atoms with Crippen molar-refractivity contribution in [3.63, 3.8) is 0 Å². The minimum atomic E-state index is -0.984. The van der Waals surface area contributed by atoms with Gasteiger partial charge >= 0.3 is 5.97 Å². The summed E-state index contributed by atoms with van der Waals surface area (Å²) in [5.41, 5.74) is 2.71. The second kappa shape index (κ2) is 8.10. The van der Waals surface area contributed by atoms with Crippen molar-refractivity contribution in [1.29, 1.82) is 0 Å². The number of amides is 1. The third-order valence-corrected chi connectivity index (χ3v) is 5.62. The largest absolute Gasteiger partial charge is 0.448 e. The number of hydrogen-bond acceptors (Lipinski definition) is 4. The lowest BCUT2D eigenvalue weighted by Gasteiger charge is -2.18. The number of carbonyl (C=O) groups excluding carboxylic acids is 2. The standard InChI is InChI=1S/C22H22FNO3S/c1-12(2)15-8-5-7-13(3)20(15)24-21(25)14(4)27-22(26)19-11-16-17(23)9-6-10-18(16)28-19/h5-12,14H,1-4H3,(H,24,25)/t14-/m1/s1. The number of thiophene rings is 1. The summed E-state index contributed by atoms with van der Waals surface area (Å²) < 4.78 is 19.8. The molecular formula is C22H22FNO3S. The molecule has 0 unspecified atom stereocenters. The topological polar surface area (TPSA) is 55.4 Å². The minimum Gasteiger partial charge on any atom is -0.448 e. The third-order valence-electron chi connectivity index (χ3n) is 4.54. The van der Waals surface area contributed by atoms with Gasteiger partial charge in [0.1, 0.15) is 10.7 Å². The molecule has 146 valence electrons. The minimum absolute atomic E-state index is 0.238. The number of nitrogens with one attached hydrogen (secondary N) is 1. The predicted molar refractivity (Wildman–Crippen MR) is 111 cm³/mol. The molecule has 3 rings (SSSR count). The molecule has 1 heterocycles. The number of anilines is 1. The van der Waals surface area contributed by atoms with Gasteiger partial charge in [0, 0.05) is 15.8 Å². The van der Waals surface area contributed by atoms with E-state index in [1.165, 1.54) is 19.1 Å². The highest BCUT2D eigenvalue weighted by atomic mass is 32.1. The fourth-order valence-electron chi connectivity index (χ4n) is 2.97. The van der Waals surface area contributed by atoms with Gasteiger partial charge in [-0.05, 0) is 49.1 Å². The van der Waals surface area contributed by atoms with Crippen LogP contribution in [0.1, 0.15) is 47.5 Å². The van der Waals surface area contributed by atoms with Gasteiger partial charge in [-0.15, -0.1) is 11.3 Å². The number of rotatable bonds is 5. The van der Waals surface area contributed by atoms with E-state index in [1.54, 1.807) is 12.1 Å². The maximum atomic E-state index is 13.8. The van der Waals surface area contributed by atoms with E-state index in [0.717, 1.165) is 28.2 Å². The first-order chi connectivity index (χ1) is 13.3. The van der Waals surface area contributed by atoms with Crippen molar-refractivity contribution in [2.75, 3.05) is 5.32 Å². The van der Waals surface area contributed by atoms with Gasteiger partial charge in [0.05, 0.1) is 0 Å². The molecule has 0 aliphatic heterocycles. The van der Waals surface area contributed by atoms with Crippen molar-refractivity contribution < 1.29 is 18.7 Å². The SMILES string of the molecule is Cc1cccc(C(C)C)c1NC(=O)[C@@H](C)OC(=O)c1cc2c(F)cccc2s1. The van der Waals surface area contributed by atoms with Gasteiger partial charge in [-0.1, -0.05) is 38.1 Å². The molecule has 3 aromatic rings. The highest BCUT2D eigenvalue weighted by Gasteiger charge is 2.22. The van der Waals surface area contributed by atoms with Gasteiger partial charge in [-0.3, -0.25) is 4.79 Å². The normalized spacial score (nSPS) is 12.2. The Bertz CT molecular complexity index is 1040. The lowest BCUT2D eigenvalue weighted by molar-refractivity contribution is -0.123. The number of hydrogen-bond donors (Lipinski definition) is 1. The van der Waals surface area contributed by atoms with Crippen LogP contribution in [0.15, 0.2) is 42.5 Å². The maximum absolute atomic E-state index is 13.8. The number of benzene rings is 2. The first-order valence-corrected chi connectivity index (χ1v) is 9.89. The van der Waals surface area contributed by atoms with E-state index in [-0.39, 0.29) is 16.6 Å². The van der Waals surface area contributed by atoms with Crippen LogP contribution in [0.3, 0.4) is 0 Å². The number of carbonyl (C=O) groups is 2. The van der Waals surface area contributed by atoms with E-state index in [9.17, 15) is 14.0 Å². The van der Waals surface area contributed by atoms with Crippen LogP contribution >= 0.6 is 11.3 Å².